The van der Waals surface area contributed by atoms with Crippen LogP contribution in [0.25, 0.3) is 17.1 Å². The second-order valence-electron chi connectivity index (χ2n) is 6.13. The molecule has 0 unspecified atom stereocenters. The second kappa shape index (κ2) is 7.24. The fourth-order valence-corrected chi connectivity index (χ4v) is 2.80. The molecule has 10 heteroatoms. The van der Waals surface area contributed by atoms with Crippen molar-refractivity contribution in [1.82, 2.24) is 40.0 Å². The maximum absolute atomic E-state index is 9.03. The summed E-state index contributed by atoms with van der Waals surface area (Å²) in [5.41, 5.74) is 2.15. The molecule has 0 aliphatic carbocycles. The lowest BCUT2D eigenvalue weighted by atomic mass is 10.2. The first-order valence-corrected chi connectivity index (χ1v) is 8.46. The Kier molecular flexibility index (Phi) is 4.47. The van der Waals surface area contributed by atoms with Crippen molar-refractivity contribution in [1.29, 1.82) is 5.26 Å². The molecule has 138 valence electrons. The van der Waals surface area contributed by atoms with E-state index in [1.807, 2.05) is 41.8 Å². The Balaban J connectivity index is 1.54. The molecule has 0 bridgehead atoms. The van der Waals surface area contributed by atoms with Crippen LogP contribution in [-0.4, -0.2) is 47.0 Å². The summed E-state index contributed by atoms with van der Waals surface area (Å²) in [5.74, 6) is 1.95. The van der Waals surface area contributed by atoms with Crippen molar-refractivity contribution in [2.24, 2.45) is 7.05 Å². The third-order valence-corrected chi connectivity index (χ3v) is 4.17. The van der Waals surface area contributed by atoms with Gasteiger partial charge in [0, 0.05) is 32.1 Å². The van der Waals surface area contributed by atoms with Gasteiger partial charge in [-0.05, 0) is 35.5 Å². The first-order valence-electron chi connectivity index (χ1n) is 8.46. The summed E-state index contributed by atoms with van der Waals surface area (Å²) in [6.45, 7) is 0.403. The smallest absolute Gasteiger partial charge is 0.227 e. The van der Waals surface area contributed by atoms with Crippen LogP contribution in [0.2, 0.25) is 0 Å². The van der Waals surface area contributed by atoms with E-state index in [-0.39, 0.29) is 0 Å². The van der Waals surface area contributed by atoms with E-state index in [1.54, 1.807) is 30.6 Å². The van der Waals surface area contributed by atoms with E-state index in [1.165, 1.54) is 4.80 Å². The first kappa shape index (κ1) is 17.3. The Morgan fingerprint density at radius 1 is 1.11 bits per heavy atom. The summed E-state index contributed by atoms with van der Waals surface area (Å²) in [6, 6.07) is 12.9. The van der Waals surface area contributed by atoms with Gasteiger partial charge in [0.2, 0.25) is 5.95 Å². The van der Waals surface area contributed by atoms with Crippen LogP contribution < -0.4 is 4.90 Å². The number of rotatable bonds is 5. The number of benzene rings is 1. The first-order chi connectivity index (χ1) is 13.7. The molecule has 0 fully saturated rings. The van der Waals surface area contributed by atoms with Crippen LogP contribution >= 0.6 is 0 Å². The maximum atomic E-state index is 9.03. The van der Waals surface area contributed by atoms with Crippen LogP contribution in [0, 0.1) is 11.3 Å². The Morgan fingerprint density at radius 3 is 2.71 bits per heavy atom. The van der Waals surface area contributed by atoms with Crippen molar-refractivity contribution < 1.29 is 0 Å². The summed E-state index contributed by atoms with van der Waals surface area (Å²) in [7, 11) is 3.79. The minimum Gasteiger partial charge on any atom is -0.336 e. The number of hydrogen-bond acceptors (Lipinski definition) is 8. The predicted molar refractivity (Wildman–Crippen MR) is 100 cm³/mol. The minimum atomic E-state index is 0.403. The number of hydrogen-bond donors (Lipinski definition) is 0. The zero-order valence-electron chi connectivity index (χ0n) is 15.3. The van der Waals surface area contributed by atoms with Crippen LogP contribution in [-0.2, 0) is 13.6 Å². The molecule has 0 N–H and O–H groups in total. The van der Waals surface area contributed by atoms with Gasteiger partial charge < -0.3 is 4.90 Å². The quantitative estimate of drug-likeness (QED) is 0.516. The van der Waals surface area contributed by atoms with Gasteiger partial charge in [-0.25, -0.2) is 0 Å². The third kappa shape index (κ3) is 3.28. The van der Waals surface area contributed by atoms with Crippen LogP contribution in [0.3, 0.4) is 0 Å². The molecule has 3 aromatic heterocycles. The van der Waals surface area contributed by atoms with Gasteiger partial charge in [-0.3, -0.25) is 9.55 Å². The van der Waals surface area contributed by atoms with Gasteiger partial charge in [0.1, 0.15) is 0 Å². The number of nitriles is 1. The zero-order chi connectivity index (χ0) is 19.5. The molecule has 4 rings (SSSR count). The number of anilines is 1. The normalized spacial score (nSPS) is 10.6. The van der Waals surface area contributed by atoms with E-state index >= 15 is 0 Å². The molecule has 0 saturated carbocycles. The summed E-state index contributed by atoms with van der Waals surface area (Å²) < 4.78 is 1.90. The number of aromatic nitrogens is 8. The van der Waals surface area contributed by atoms with E-state index in [9.17, 15) is 0 Å². The lowest BCUT2D eigenvalue weighted by Gasteiger charge is -2.15. The average Bonchev–Trinajstić information content (AvgIpc) is 3.35. The van der Waals surface area contributed by atoms with Crippen molar-refractivity contribution in [3.8, 4) is 23.1 Å². The molecule has 3 heterocycles. The highest BCUT2D eigenvalue weighted by Crippen LogP contribution is 2.20. The largest absolute Gasteiger partial charge is 0.336 e. The van der Waals surface area contributed by atoms with Gasteiger partial charge in [0.25, 0.3) is 0 Å². The molecule has 0 radical (unpaired) electrons. The summed E-state index contributed by atoms with van der Waals surface area (Å²) in [5, 5.41) is 30.1. The fourth-order valence-electron chi connectivity index (χ4n) is 2.80. The van der Waals surface area contributed by atoms with E-state index in [0.29, 0.717) is 29.6 Å². The highest BCUT2D eigenvalue weighted by molar-refractivity contribution is 5.56. The predicted octanol–water partition coefficient (Wildman–Crippen LogP) is 1.36. The Bertz CT molecular complexity index is 1140. The van der Waals surface area contributed by atoms with E-state index in [2.05, 4.69) is 36.7 Å². The highest BCUT2D eigenvalue weighted by atomic mass is 15.6. The van der Waals surface area contributed by atoms with Gasteiger partial charge in [-0.2, -0.15) is 5.26 Å². The molecule has 0 aliphatic rings. The minimum absolute atomic E-state index is 0.403. The molecule has 4 aromatic rings. The number of tetrazole rings is 1. The molecular formula is C18H16N10. The second-order valence-corrected chi connectivity index (χ2v) is 6.13. The lowest BCUT2D eigenvalue weighted by Crippen LogP contribution is -2.21. The van der Waals surface area contributed by atoms with Gasteiger partial charge in [-0.15, -0.1) is 25.2 Å². The fraction of sp³-hybridized carbons (Fsp3) is 0.167. The van der Waals surface area contributed by atoms with Crippen LogP contribution in [0.15, 0.2) is 48.8 Å². The molecule has 0 spiro atoms. The topological polar surface area (TPSA) is 114 Å². The summed E-state index contributed by atoms with van der Waals surface area (Å²) in [6.07, 6.45) is 3.44. The van der Waals surface area contributed by atoms with E-state index in [0.717, 1.165) is 11.4 Å². The van der Waals surface area contributed by atoms with Gasteiger partial charge in [-0.1, -0.05) is 6.07 Å². The van der Waals surface area contributed by atoms with Crippen molar-refractivity contribution in [3.05, 3.63) is 60.2 Å². The molecule has 0 atom stereocenters. The average molecular weight is 372 g/mol. The monoisotopic (exact) mass is 372 g/mol. The Labute approximate surface area is 160 Å². The lowest BCUT2D eigenvalue weighted by molar-refractivity contribution is 0.714. The number of nitrogens with zero attached hydrogens (tertiary/aromatic N) is 10. The van der Waals surface area contributed by atoms with Crippen LogP contribution in [0.5, 0.6) is 0 Å². The molecular weight excluding hydrogens is 356 g/mol. The van der Waals surface area contributed by atoms with E-state index < -0.39 is 0 Å². The third-order valence-electron chi connectivity index (χ3n) is 4.17. The molecule has 0 amide bonds. The standard InChI is InChI=1S/C18H16N10/c1-26(18-23-22-17(27(18)2)14-6-8-20-9-7-14)12-16-21-25-28(24-16)15-5-3-4-13(10-15)11-19/h3-10H,12H2,1-2H3. The number of pyridine rings is 1. The van der Waals surface area contributed by atoms with Crippen LogP contribution in [0.1, 0.15) is 11.4 Å². The van der Waals surface area contributed by atoms with Crippen molar-refractivity contribution in [2.75, 3.05) is 11.9 Å². The van der Waals surface area contributed by atoms with E-state index in [4.69, 9.17) is 5.26 Å². The van der Waals surface area contributed by atoms with Crippen LogP contribution in [0.4, 0.5) is 5.95 Å². The summed E-state index contributed by atoms with van der Waals surface area (Å²) >= 11 is 0. The highest BCUT2D eigenvalue weighted by Gasteiger charge is 2.16. The Hall–Kier alpha value is -4.13. The van der Waals surface area contributed by atoms with Gasteiger partial charge >= 0.3 is 0 Å². The molecule has 0 aliphatic heterocycles. The summed E-state index contributed by atoms with van der Waals surface area (Å²) in [4.78, 5) is 7.32. The molecule has 28 heavy (non-hydrogen) atoms. The SMILES string of the molecule is CN(Cc1nnn(-c2cccc(C#N)c2)n1)c1nnc(-c2ccncc2)n1C. The molecule has 1 aromatic carbocycles. The van der Waals surface area contributed by atoms with Gasteiger partial charge in [0.15, 0.2) is 11.6 Å². The zero-order valence-corrected chi connectivity index (χ0v) is 15.3. The van der Waals surface area contributed by atoms with Crippen molar-refractivity contribution in [3.63, 3.8) is 0 Å². The van der Waals surface area contributed by atoms with Crippen molar-refractivity contribution >= 4 is 5.95 Å². The molecule has 0 saturated heterocycles. The Morgan fingerprint density at radius 2 is 1.93 bits per heavy atom. The van der Waals surface area contributed by atoms with Gasteiger partial charge in [0.05, 0.1) is 23.9 Å². The maximum Gasteiger partial charge on any atom is 0.227 e. The van der Waals surface area contributed by atoms with Crippen molar-refractivity contribution in [2.45, 2.75) is 6.54 Å². The molecule has 10 nitrogen and oxygen atoms in total.